The van der Waals surface area contributed by atoms with Crippen LogP contribution in [0.15, 0.2) is 36.7 Å². The fourth-order valence-electron chi connectivity index (χ4n) is 3.31. The number of urea groups is 1. The molecule has 0 saturated carbocycles. The number of rotatable bonds is 3. The predicted molar refractivity (Wildman–Crippen MR) is 98.2 cm³/mol. The van der Waals surface area contributed by atoms with Gasteiger partial charge in [-0.3, -0.25) is 19.9 Å². The van der Waals surface area contributed by atoms with Crippen LogP contribution in [0, 0.1) is 17.7 Å². The molecule has 4 rings (SSSR count). The Morgan fingerprint density at radius 1 is 1.31 bits per heavy atom. The van der Waals surface area contributed by atoms with Gasteiger partial charge in [0.2, 0.25) is 5.54 Å². The van der Waals surface area contributed by atoms with Crippen molar-refractivity contribution in [3.8, 4) is 17.6 Å². The SMILES string of the molecule is COc1ccc2c(c1F)C(=O)N(CC1(C#Cc3cccnc3)NC(=O)NC1=O)C2. The molecule has 1 unspecified atom stereocenters. The monoisotopic (exact) mass is 394 g/mol. The molecular formula is C20H15FN4O4. The van der Waals surface area contributed by atoms with Crippen LogP contribution in [0.1, 0.15) is 21.5 Å². The number of hydrogen-bond donors (Lipinski definition) is 2. The number of hydrogen-bond acceptors (Lipinski definition) is 5. The topological polar surface area (TPSA) is 101 Å². The average Bonchev–Trinajstić information content (AvgIpc) is 3.17. The van der Waals surface area contributed by atoms with Gasteiger partial charge in [0.15, 0.2) is 11.6 Å². The highest BCUT2D eigenvalue weighted by Gasteiger charge is 2.48. The van der Waals surface area contributed by atoms with Crippen LogP contribution < -0.4 is 15.4 Å². The maximum absolute atomic E-state index is 14.6. The van der Waals surface area contributed by atoms with Crippen molar-refractivity contribution in [2.75, 3.05) is 13.7 Å². The van der Waals surface area contributed by atoms with E-state index in [2.05, 4.69) is 27.5 Å². The van der Waals surface area contributed by atoms with Gasteiger partial charge in [0.1, 0.15) is 0 Å². The van der Waals surface area contributed by atoms with E-state index in [1.807, 2.05) is 0 Å². The Morgan fingerprint density at radius 3 is 2.79 bits per heavy atom. The standard InChI is InChI=1S/C20H15FN4O4/c1-29-14-5-4-13-10-25(17(26)15(13)16(14)21)11-20(18(27)23-19(28)24-20)7-6-12-3-2-8-22-9-12/h2-5,8-9H,10-11H2,1H3,(H2,23,24,27,28). The molecule has 146 valence electrons. The maximum Gasteiger partial charge on any atom is 0.323 e. The highest BCUT2D eigenvalue weighted by molar-refractivity contribution is 6.10. The molecule has 2 aliphatic heterocycles. The van der Waals surface area contributed by atoms with Gasteiger partial charge in [-0.05, 0) is 23.8 Å². The van der Waals surface area contributed by atoms with E-state index in [9.17, 15) is 18.8 Å². The fourth-order valence-corrected chi connectivity index (χ4v) is 3.31. The van der Waals surface area contributed by atoms with Crippen LogP contribution in [0.2, 0.25) is 0 Å². The third-order valence-electron chi connectivity index (χ3n) is 4.73. The summed E-state index contributed by atoms with van der Waals surface area (Å²) in [7, 11) is 1.31. The highest BCUT2D eigenvalue weighted by Crippen LogP contribution is 2.31. The average molecular weight is 394 g/mol. The number of nitrogens with one attached hydrogen (secondary N) is 2. The largest absolute Gasteiger partial charge is 0.494 e. The third-order valence-corrected chi connectivity index (χ3v) is 4.73. The molecule has 2 aliphatic rings. The molecule has 8 nitrogen and oxygen atoms in total. The zero-order valence-corrected chi connectivity index (χ0v) is 15.3. The molecule has 1 aromatic carbocycles. The summed E-state index contributed by atoms with van der Waals surface area (Å²) in [4.78, 5) is 42.3. The van der Waals surface area contributed by atoms with Crippen molar-refractivity contribution in [3.63, 3.8) is 0 Å². The van der Waals surface area contributed by atoms with Gasteiger partial charge in [-0.15, -0.1) is 0 Å². The zero-order chi connectivity index (χ0) is 20.6. The summed E-state index contributed by atoms with van der Waals surface area (Å²) < 4.78 is 19.5. The Kier molecular flexibility index (Phi) is 4.39. The lowest BCUT2D eigenvalue weighted by Gasteiger charge is -2.26. The Bertz CT molecular complexity index is 1090. The number of benzene rings is 1. The Hall–Kier alpha value is -3.93. The van der Waals surface area contributed by atoms with Gasteiger partial charge >= 0.3 is 6.03 Å². The van der Waals surface area contributed by atoms with E-state index in [4.69, 9.17) is 4.74 Å². The number of amides is 4. The van der Waals surface area contributed by atoms with Crippen LogP contribution in [0.3, 0.4) is 0 Å². The van der Waals surface area contributed by atoms with Crippen LogP contribution in [-0.4, -0.2) is 46.9 Å². The smallest absolute Gasteiger partial charge is 0.323 e. The van der Waals surface area contributed by atoms with Crippen molar-refractivity contribution in [2.45, 2.75) is 12.1 Å². The minimum absolute atomic E-state index is 0.0445. The fraction of sp³-hybridized carbons (Fsp3) is 0.200. The number of nitrogens with zero attached hydrogens (tertiary/aromatic N) is 2. The van der Waals surface area contributed by atoms with Crippen molar-refractivity contribution in [1.82, 2.24) is 20.5 Å². The first-order chi connectivity index (χ1) is 13.9. The molecule has 9 heteroatoms. The Balaban J connectivity index is 1.67. The number of aromatic nitrogens is 1. The van der Waals surface area contributed by atoms with Gasteiger partial charge in [0, 0.05) is 24.5 Å². The number of fused-ring (bicyclic) bond motifs is 1. The number of pyridine rings is 1. The summed E-state index contributed by atoms with van der Waals surface area (Å²) in [5.74, 6) is 3.47. The molecule has 2 N–H and O–H groups in total. The van der Waals surface area contributed by atoms with Crippen LogP contribution in [0.4, 0.5) is 9.18 Å². The first kappa shape index (κ1) is 18.4. The zero-order valence-electron chi connectivity index (χ0n) is 15.3. The van der Waals surface area contributed by atoms with E-state index in [0.29, 0.717) is 11.1 Å². The van der Waals surface area contributed by atoms with E-state index in [1.165, 1.54) is 24.3 Å². The first-order valence-electron chi connectivity index (χ1n) is 8.65. The number of carbonyl (C=O) groups is 3. The lowest BCUT2D eigenvalue weighted by molar-refractivity contribution is -0.122. The van der Waals surface area contributed by atoms with Crippen LogP contribution in [0.5, 0.6) is 5.75 Å². The molecule has 0 bridgehead atoms. The second-order valence-electron chi connectivity index (χ2n) is 6.58. The molecule has 1 saturated heterocycles. The van der Waals surface area contributed by atoms with E-state index in [0.717, 1.165) is 0 Å². The van der Waals surface area contributed by atoms with Gasteiger partial charge in [0.05, 0.1) is 19.2 Å². The summed E-state index contributed by atoms with van der Waals surface area (Å²) >= 11 is 0. The highest BCUT2D eigenvalue weighted by atomic mass is 19.1. The minimum Gasteiger partial charge on any atom is -0.494 e. The van der Waals surface area contributed by atoms with E-state index < -0.39 is 29.2 Å². The van der Waals surface area contributed by atoms with Crippen molar-refractivity contribution in [3.05, 3.63) is 59.2 Å². The molecule has 0 spiro atoms. The Morgan fingerprint density at radius 2 is 2.14 bits per heavy atom. The third kappa shape index (κ3) is 3.14. The van der Waals surface area contributed by atoms with E-state index >= 15 is 0 Å². The van der Waals surface area contributed by atoms with Gasteiger partial charge in [-0.2, -0.15) is 0 Å². The van der Waals surface area contributed by atoms with Crippen molar-refractivity contribution in [2.24, 2.45) is 0 Å². The minimum atomic E-state index is -1.66. The van der Waals surface area contributed by atoms with E-state index in [-0.39, 0.29) is 24.4 Å². The van der Waals surface area contributed by atoms with Gasteiger partial charge in [-0.25, -0.2) is 9.18 Å². The van der Waals surface area contributed by atoms with Gasteiger partial charge in [-0.1, -0.05) is 17.9 Å². The molecule has 1 aromatic heterocycles. The molecule has 1 atom stereocenters. The quantitative estimate of drug-likeness (QED) is 0.593. The molecule has 4 amide bonds. The summed E-state index contributed by atoms with van der Waals surface area (Å²) in [6.45, 7) is -0.165. The van der Waals surface area contributed by atoms with Crippen molar-refractivity contribution in [1.29, 1.82) is 0 Å². The van der Waals surface area contributed by atoms with E-state index in [1.54, 1.807) is 24.4 Å². The molecule has 3 heterocycles. The number of methoxy groups -OCH3 is 1. The van der Waals surface area contributed by atoms with Crippen LogP contribution >= 0.6 is 0 Å². The summed E-state index contributed by atoms with van der Waals surface area (Å²) in [6, 6.07) is 5.69. The molecular weight excluding hydrogens is 379 g/mol. The van der Waals surface area contributed by atoms with Crippen molar-refractivity contribution < 1.29 is 23.5 Å². The number of halogens is 1. The normalized spacial score (nSPS) is 19.9. The maximum atomic E-state index is 14.6. The number of carbonyl (C=O) groups excluding carboxylic acids is 3. The molecule has 2 aromatic rings. The predicted octanol–water partition coefficient (Wildman–Crippen LogP) is 0.815. The van der Waals surface area contributed by atoms with Gasteiger partial charge < -0.3 is 15.0 Å². The lowest BCUT2D eigenvalue weighted by atomic mass is 9.99. The Labute approximate surface area is 165 Å². The second-order valence-corrected chi connectivity index (χ2v) is 6.58. The van der Waals surface area contributed by atoms with Crippen LogP contribution in [-0.2, 0) is 11.3 Å². The number of ether oxygens (including phenoxy) is 1. The lowest BCUT2D eigenvalue weighted by Crippen LogP contribution is -2.54. The molecule has 0 radical (unpaired) electrons. The second kappa shape index (κ2) is 6.91. The number of imide groups is 1. The molecule has 1 fully saturated rings. The molecule has 0 aliphatic carbocycles. The van der Waals surface area contributed by atoms with Gasteiger partial charge in [0.25, 0.3) is 11.8 Å². The van der Waals surface area contributed by atoms with Crippen molar-refractivity contribution >= 4 is 17.8 Å². The molecule has 29 heavy (non-hydrogen) atoms. The summed E-state index contributed by atoms with van der Waals surface area (Å²) in [5, 5.41) is 4.64. The van der Waals surface area contributed by atoms with Crippen LogP contribution in [0.25, 0.3) is 0 Å². The summed E-state index contributed by atoms with van der Waals surface area (Å²) in [5.41, 5.74) is -0.768. The first-order valence-corrected chi connectivity index (χ1v) is 8.65. The summed E-state index contributed by atoms with van der Waals surface area (Å²) in [6.07, 6.45) is 3.09.